The lowest BCUT2D eigenvalue weighted by atomic mass is 10.1. The van der Waals surface area contributed by atoms with Gasteiger partial charge < -0.3 is 15.2 Å². The van der Waals surface area contributed by atoms with Crippen LogP contribution in [0.25, 0.3) is 0 Å². The molecule has 0 aliphatic carbocycles. The second kappa shape index (κ2) is 19.3. The van der Waals surface area contributed by atoms with Crippen LogP contribution in [0.1, 0.15) is 90.9 Å². The molecule has 0 saturated heterocycles. The van der Waals surface area contributed by atoms with Crippen LogP contribution < -0.4 is 5.32 Å². The first-order chi connectivity index (χ1) is 12.2. The topological polar surface area (TPSA) is 44.0 Å². The number of hydrogen-bond donors (Lipinski definition) is 2. The molecule has 0 atom stereocenters. The Morgan fingerprint density at radius 2 is 1.32 bits per heavy atom. The van der Waals surface area contributed by atoms with Crippen molar-refractivity contribution in [1.29, 1.82) is 0 Å². The zero-order chi connectivity index (χ0) is 18.6. The van der Waals surface area contributed by atoms with Crippen LogP contribution >= 0.6 is 0 Å². The van der Waals surface area contributed by atoms with Gasteiger partial charge >= 0.3 is 0 Å². The van der Waals surface area contributed by atoms with Gasteiger partial charge in [-0.2, -0.15) is 0 Å². The van der Waals surface area contributed by atoms with Gasteiger partial charge in [0.1, 0.15) is 0 Å². The summed E-state index contributed by atoms with van der Waals surface area (Å²) >= 11 is 0. The summed E-state index contributed by atoms with van der Waals surface area (Å²) in [4.78, 5) is 9.26. The number of nitrogens with one attached hydrogen (secondary N) is 2. The van der Waals surface area contributed by atoms with E-state index in [0.29, 0.717) is 0 Å². The SMILES string of the molecule is CCCCCCCCN(C)CCCCCCCC.CNc1ncc[nH]1. The third-order valence-corrected chi connectivity index (χ3v) is 4.52. The molecule has 0 aliphatic heterocycles. The zero-order valence-corrected chi connectivity index (χ0v) is 17.4. The first-order valence-corrected chi connectivity index (χ1v) is 10.6. The van der Waals surface area contributed by atoms with Crippen molar-refractivity contribution in [3.05, 3.63) is 12.4 Å². The summed E-state index contributed by atoms with van der Waals surface area (Å²) in [7, 11) is 4.11. The second-order valence-electron chi connectivity index (χ2n) is 7.03. The van der Waals surface area contributed by atoms with Crippen LogP contribution in [-0.2, 0) is 0 Å². The summed E-state index contributed by atoms with van der Waals surface area (Å²) in [6.45, 7) is 7.19. The van der Waals surface area contributed by atoms with Gasteiger partial charge in [-0.15, -0.1) is 0 Å². The number of H-pyrrole nitrogens is 1. The van der Waals surface area contributed by atoms with Crippen molar-refractivity contribution < 1.29 is 0 Å². The fourth-order valence-electron chi connectivity index (χ4n) is 2.84. The molecule has 1 rings (SSSR count). The highest BCUT2D eigenvalue weighted by Crippen LogP contribution is 2.07. The van der Waals surface area contributed by atoms with Crippen molar-refractivity contribution in [2.24, 2.45) is 0 Å². The first kappa shape index (κ1) is 24.0. The minimum atomic E-state index is 0.806. The number of rotatable bonds is 15. The number of aromatic amines is 1. The van der Waals surface area contributed by atoms with Gasteiger partial charge in [0.15, 0.2) is 5.95 Å². The van der Waals surface area contributed by atoms with Crippen molar-refractivity contribution in [3.8, 4) is 0 Å². The quantitative estimate of drug-likeness (QED) is 0.375. The molecule has 0 unspecified atom stereocenters. The summed E-state index contributed by atoms with van der Waals surface area (Å²) in [6, 6.07) is 0. The largest absolute Gasteiger partial charge is 0.359 e. The van der Waals surface area contributed by atoms with E-state index in [1.165, 1.54) is 90.1 Å². The van der Waals surface area contributed by atoms with Gasteiger partial charge in [0.05, 0.1) is 0 Å². The third-order valence-electron chi connectivity index (χ3n) is 4.52. The highest BCUT2D eigenvalue weighted by atomic mass is 15.1. The maximum absolute atomic E-state index is 3.87. The molecule has 0 fully saturated rings. The van der Waals surface area contributed by atoms with Crippen LogP contribution in [0, 0.1) is 0 Å². The number of anilines is 1. The maximum Gasteiger partial charge on any atom is 0.199 e. The predicted molar refractivity (Wildman–Crippen MR) is 112 cm³/mol. The molecule has 2 N–H and O–H groups in total. The molecule has 1 aromatic heterocycles. The van der Waals surface area contributed by atoms with E-state index >= 15 is 0 Å². The molecule has 0 spiro atoms. The molecular weight excluding hydrogens is 308 g/mol. The maximum atomic E-state index is 3.87. The van der Waals surface area contributed by atoms with Crippen LogP contribution in [0.5, 0.6) is 0 Å². The summed E-state index contributed by atoms with van der Waals surface area (Å²) in [5.41, 5.74) is 0. The number of aromatic nitrogens is 2. The Hall–Kier alpha value is -1.03. The number of unbranched alkanes of at least 4 members (excludes halogenated alkanes) is 10. The number of hydrogen-bond acceptors (Lipinski definition) is 3. The number of nitrogens with zero attached hydrogens (tertiary/aromatic N) is 2. The molecule has 0 amide bonds. The Kier molecular flexibility index (Phi) is 18.5. The highest BCUT2D eigenvalue weighted by molar-refractivity contribution is 5.20. The number of imidazole rings is 1. The monoisotopic (exact) mass is 352 g/mol. The molecule has 4 heteroatoms. The summed E-state index contributed by atoms with van der Waals surface area (Å²) in [5.74, 6) is 0.806. The molecule has 0 aliphatic rings. The van der Waals surface area contributed by atoms with Gasteiger partial charge in [-0.25, -0.2) is 4.98 Å². The fourth-order valence-corrected chi connectivity index (χ4v) is 2.84. The van der Waals surface area contributed by atoms with Crippen LogP contribution in [0.2, 0.25) is 0 Å². The van der Waals surface area contributed by atoms with Crippen molar-refractivity contribution in [1.82, 2.24) is 14.9 Å². The Bertz CT molecular complexity index is 322. The van der Waals surface area contributed by atoms with Crippen LogP contribution in [0.3, 0.4) is 0 Å². The average Bonchev–Trinajstić information content (AvgIpc) is 3.15. The van der Waals surface area contributed by atoms with E-state index in [0.717, 1.165) is 5.95 Å². The Morgan fingerprint density at radius 3 is 1.68 bits per heavy atom. The van der Waals surface area contributed by atoms with Crippen molar-refractivity contribution in [2.45, 2.75) is 90.9 Å². The Balaban J connectivity index is 0.000000676. The molecule has 25 heavy (non-hydrogen) atoms. The average molecular weight is 353 g/mol. The normalized spacial score (nSPS) is 10.6. The molecule has 0 radical (unpaired) electrons. The van der Waals surface area contributed by atoms with Crippen molar-refractivity contribution >= 4 is 5.95 Å². The van der Waals surface area contributed by atoms with Gasteiger partial charge in [-0.1, -0.05) is 78.1 Å². The van der Waals surface area contributed by atoms with E-state index in [9.17, 15) is 0 Å². The van der Waals surface area contributed by atoms with Crippen LogP contribution in [-0.4, -0.2) is 42.1 Å². The zero-order valence-electron chi connectivity index (χ0n) is 17.4. The standard InChI is InChI=1S/C17H37N.C4H7N3/c1-4-6-8-10-12-14-16-18(3)17-15-13-11-9-7-5-2;1-5-4-6-2-3-7-4/h4-17H2,1-3H3;2-3H,1H3,(H2,5,6,7). The molecule has 1 aromatic rings. The van der Waals surface area contributed by atoms with Crippen molar-refractivity contribution in [3.63, 3.8) is 0 Å². The molecular formula is C21H44N4. The van der Waals surface area contributed by atoms with Crippen LogP contribution in [0.4, 0.5) is 5.95 Å². The fraction of sp³-hybridized carbons (Fsp3) is 0.857. The molecule has 0 saturated carbocycles. The minimum absolute atomic E-state index is 0.806. The molecule has 148 valence electrons. The molecule has 4 nitrogen and oxygen atoms in total. The van der Waals surface area contributed by atoms with E-state index < -0.39 is 0 Å². The lowest BCUT2D eigenvalue weighted by molar-refractivity contribution is 0.314. The molecule has 0 bridgehead atoms. The highest BCUT2D eigenvalue weighted by Gasteiger charge is 1.98. The molecule has 1 heterocycles. The van der Waals surface area contributed by atoms with Gasteiger partial charge in [-0.3, -0.25) is 0 Å². The van der Waals surface area contributed by atoms with E-state index in [1.807, 2.05) is 7.05 Å². The first-order valence-electron chi connectivity index (χ1n) is 10.6. The van der Waals surface area contributed by atoms with E-state index in [1.54, 1.807) is 12.4 Å². The van der Waals surface area contributed by atoms with Gasteiger partial charge in [0.25, 0.3) is 0 Å². The van der Waals surface area contributed by atoms with E-state index in [-0.39, 0.29) is 0 Å². The predicted octanol–water partition coefficient (Wildman–Crippen LogP) is 6.09. The Morgan fingerprint density at radius 1 is 0.840 bits per heavy atom. The van der Waals surface area contributed by atoms with Gasteiger partial charge in [0, 0.05) is 19.4 Å². The van der Waals surface area contributed by atoms with Gasteiger partial charge in [0.2, 0.25) is 0 Å². The summed E-state index contributed by atoms with van der Waals surface area (Å²) < 4.78 is 0. The van der Waals surface area contributed by atoms with E-state index in [2.05, 4.69) is 41.1 Å². The van der Waals surface area contributed by atoms with Crippen molar-refractivity contribution in [2.75, 3.05) is 32.5 Å². The molecule has 0 aromatic carbocycles. The second-order valence-corrected chi connectivity index (χ2v) is 7.03. The minimum Gasteiger partial charge on any atom is -0.359 e. The Labute approximate surface area is 157 Å². The smallest absolute Gasteiger partial charge is 0.199 e. The summed E-state index contributed by atoms with van der Waals surface area (Å²) in [6.07, 6.45) is 20.5. The van der Waals surface area contributed by atoms with E-state index in [4.69, 9.17) is 0 Å². The van der Waals surface area contributed by atoms with Gasteiger partial charge in [-0.05, 0) is 33.0 Å². The lowest BCUT2D eigenvalue weighted by Crippen LogP contribution is -2.20. The third kappa shape index (κ3) is 17.6. The lowest BCUT2D eigenvalue weighted by Gasteiger charge is -2.16. The summed E-state index contributed by atoms with van der Waals surface area (Å²) in [5, 5.41) is 2.84. The van der Waals surface area contributed by atoms with Crippen LogP contribution in [0.15, 0.2) is 12.4 Å².